The molecule has 0 radical (unpaired) electrons. The number of ketones is 1. The number of nitrogens with zero attached hydrogens (tertiary/aromatic N) is 4. The van der Waals surface area contributed by atoms with Gasteiger partial charge < -0.3 is 9.64 Å². The van der Waals surface area contributed by atoms with Crippen LogP contribution in [0.5, 0.6) is 0 Å². The van der Waals surface area contributed by atoms with Crippen LogP contribution in [-0.2, 0) is 10.9 Å². The zero-order valence-corrected chi connectivity index (χ0v) is 15.0. The van der Waals surface area contributed by atoms with Crippen molar-refractivity contribution in [3.8, 4) is 5.82 Å². The first-order chi connectivity index (χ1) is 12.5. The summed E-state index contributed by atoms with van der Waals surface area (Å²) in [7, 11) is 4.48. The molecule has 10 heteroatoms. The number of rotatable bonds is 5. The van der Waals surface area contributed by atoms with Gasteiger partial charge in [0.05, 0.1) is 18.9 Å². The molecule has 0 spiro atoms. The Morgan fingerprint density at radius 2 is 1.93 bits per heavy atom. The molecule has 2 aromatic rings. The van der Waals surface area contributed by atoms with Gasteiger partial charge in [-0.05, 0) is 19.1 Å². The molecule has 144 valence electrons. The fraction of sp³-hybridized carbons (Fsp3) is 0.294. The molecule has 0 N–H and O–H groups in total. The molecule has 2 rings (SSSR count). The number of carbonyl (C=O) groups excluding carboxylic acids is 2. The average molecular weight is 382 g/mol. The van der Waals surface area contributed by atoms with Crippen LogP contribution in [0.15, 0.2) is 30.6 Å². The Hall–Kier alpha value is -3.17. The van der Waals surface area contributed by atoms with E-state index in [1.54, 1.807) is 19.0 Å². The third kappa shape index (κ3) is 4.52. The van der Waals surface area contributed by atoms with Gasteiger partial charge in [0.2, 0.25) is 5.78 Å². The largest absolute Gasteiger partial charge is 0.465 e. The van der Waals surface area contributed by atoms with Crippen molar-refractivity contribution >= 4 is 11.8 Å². The van der Waals surface area contributed by atoms with Crippen LogP contribution in [0.3, 0.4) is 0 Å². The summed E-state index contributed by atoms with van der Waals surface area (Å²) in [5.74, 6) is -1.72. The van der Waals surface area contributed by atoms with E-state index in [2.05, 4.69) is 14.8 Å². The van der Waals surface area contributed by atoms with Crippen LogP contribution >= 0.6 is 0 Å². The molecule has 2 heterocycles. The van der Waals surface area contributed by atoms with Gasteiger partial charge in [0, 0.05) is 32.1 Å². The molecule has 0 saturated carbocycles. The van der Waals surface area contributed by atoms with E-state index in [0.29, 0.717) is 0 Å². The summed E-state index contributed by atoms with van der Waals surface area (Å²) in [6, 6.07) is 1.63. The fourth-order valence-electron chi connectivity index (χ4n) is 2.24. The number of carbonyl (C=O) groups is 2. The Bertz CT molecular complexity index is 901. The number of halogens is 3. The van der Waals surface area contributed by atoms with Crippen molar-refractivity contribution in [2.24, 2.45) is 0 Å². The standard InChI is InChI=1S/C17H17F3N4O3/c1-10-7-11(17(18,19)20)8-14(22-10)24-15(13(25)5-6-23(2)3)12(9-21-24)16(26)27-4/h5-9H,1-4H3/b6-5+. The van der Waals surface area contributed by atoms with Crippen molar-refractivity contribution in [3.63, 3.8) is 0 Å². The molecule has 0 aliphatic rings. The van der Waals surface area contributed by atoms with Gasteiger partial charge in [0.25, 0.3) is 0 Å². The third-order valence-electron chi connectivity index (χ3n) is 3.42. The second-order valence-corrected chi connectivity index (χ2v) is 5.81. The molecule has 27 heavy (non-hydrogen) atoms. The lowest BCUT2D eigenvalue weighted by atomic mass is 10.1. The number of hydrogen-bond donors (Lipinski definition) is 0. The molecule has 0 bridgehead atoms. The molecule has 0 aliphatic heterocycles. The Balaban J connectivity index is 2.68. The van der Waals surface area contributed by atoms with Crippen molar-refractivity contribution in [2.45, 2.75) is 13.1 Å². The highest BCUT2D eigenvalue weighted by Gasteiger charge is 2.32. The summed E-state index contributed by atoms with van der Waals surface area (Å²) in [6.07, 6.45) is -0.943. The number of pyridine rings is 1. The number of esters is 1. The molecular formula is C17H17F3N4O3. The lowest BCUT2D eigenvalue weighted by molar-refractivity contribution is -0.137. The topological polar surface area (TPSA) is 77.3 Å². The predicted octanol–water partition coefficient (Wildman–Crippen LogP) is 2.64. The number of hydrogen-bond acceptors (Lipinski definition) is 6. The van der Waals surface area contributed by atoms with E-state index in [1.165, 1.54) is 19.2 Å². The maximum atomic E-state index is 13.1. The second-order valence-electron chi connectivity index (χ2n) is 5.81. The third-order valence-corrected chi connectivity index (χ3v) is 3.42. The van der Waals surface area contributed by atoms with E-state index >= 15 is 0 Å². The molecule has 0 fully saturated rings. The predicted molar refractivity (Wildman–Crippen MR) is 89.6 cm³/mol. The van der Waals surface area contributed by atoms with Gasteiger partial charge in [-0.2, -0.15) is 18.3 Å². The van der Waals surface area contributed by atoms with E-state index in [4.69, 9.17) is 0 Å². The Morgan fingerprint density at radius 3 is 2.48 bits per heavy atom. The molecule has 2 aromatic heterocycles. The first-order valence-electron chi connectivity index (χ1n) is 7.66. The fourth-order valence-corrected chi connectivity index (χ4v) is 2.24. The van der Waals surface area contributed by atoms with Gasteiger partial charge in [-0.3, -0.25) is 4.79 Å². The molecule has 0 saturated heterocycles. The normalized spacial score (nSPS) is 11.7. The van der Waals surface area contributed by atoms with Crippen LogP contribution in [0.1, 0.15) is 32.1 Å². The minimum absolute atomic E-state index is 0.0807. The van der Waals surface area contributed by atoms with E-state index in [1.807, 2.05) is 0 Å². The molecule has 7 nitrogen and oxygen atoms in total. The van der Waals surface area contributed by atoms with Crippen molar-refractivity contribution in [3.05, 3.63) is 53.1 Å². The maximum Gasteiger partial charge on any atom is 0.416 e. The van der Waals surface area contributed by atoms with E-state index < -0.39 is 23.5 Å². The highest BCUT2D eigenvalue weighted by Crippen LogP contribution is 2.31. The highest BCUT2D eigenvalue weighted by molar-refractivity contribution is 6.10. The summed E-state index contributed by atoms with van der Waals surface area (Å²) in [6.45, 7) is 1.39. The number of methoxy groups -OCH3 is 1. The van der Waals surface area contributed by atoms with Gasteiger partial charge in [-0.1, -0.05) is 0 Å². The maximum absolute atomic E-state index is 13.1. The minimum atomic E-state index is -4.60. The Kier molecular flexibility index (Phi) is 5.67. The van der Waals surface area contributed by atoms with Gasteiger partial charge in [0.1, 0.15) is 11.3 Å². The lowest BCUT2D eigenvalue weighted by Gasteiger charge is -2.12. The van der Waals surface area contributed by atoms with Crippen LogP contribution in [-0.4, -0.2) is 52.6 Å². The summed E-state index contributed by atoms with van der Waals surface area (Å²) in [4.78, 5) is 30.1. The first-order valence-corrected chi connectivity index (χ1v) is 7.66. The Morgan fingerprint density at radius 1 is 1.26 bits per heavy atom. The number of aryl methyl sites for hydroxylation is 1. The molecule has 0 atom stereocenters. The summed E-state index contributed by atoms with van der Waals surface area (Å²) < 4.78 is 44.8. The number of aromatic nitrogens is 3. The van der Waals surface area contributed by atoms with Crippen molar-refractivity contribution in [1.29, 1.82) is 0 Å². The van der Waals surface area contributed by atoms with Crippen LogP contribution in [0.25, 0.3) is 5.82 Å². The van der Waals surface area contributed by atoms with Gasteiger partial charge in [-0.15, -0.1) is 0 Å². The molecular weight excluding hydrogens is 365 g/mol. The zero-order chi connectivity index (χ0) is 20.4. The quantitative estimate of drug-likeness (QED) is 0.450. The molecule has 0 aliphatic carbocycles. The van der Waals surface area contributed by atoms with Crippen LogP contribution in [0.4, 0.5) is 13.2 Å². The van der Waals surface area contributed by atoms with Crippen molar-refractivity contribution in [2.75, 3.05) is 21.2 Å². The SMILES string of the molecule is COC(=O)c1cnn(-c2cc(C(F)(F)F)cc(C)n2)c1C(=O)/C=C/N(C)C. The van der Waals surface area contributed by atoms with Crippen LogP contribution in [0.2, 0.25) is 0 Å². The molecule has 0 unspecified atom stereocenters. The van der Waals surface area contributed by atoms with Gasteiger partial charge >= 0.3 is 12.1 Å². The summed E-state index contributed by atoms with van der Waals surface area (Å²) >= 11 is 0. The van der Waals surface area contributed by atoms with Gasteiger partial charge in [0.15, 0.2) is 5.82 Å². The minimum Gasteiger partial charge on any atom is -0.465 e. The zero-order valence-electron chi connectivity index (χ0n) is 15.0. The molecule has 0 amide bonds. The van der Waals surface area contributed by atoms with Crippen LogP contribution in [0, 0.1) is 6.92 Å². The van der Waals surface area contributed by atoms with Crippen molar-refractivity contribution in [1.82, 2.24) is 19.7 Å². The lowest BCUT2D eigenvalue weighted by Crippen LogP contribution is -2.16. The first kappa shape index (κ1) is 20.1. The average Bonchev–Trinajstić information content (AvgIpc) is 3.02. The van der Waals surface area contributed by atoms with E-state index in [-0.39, 0.29) is 22.8 Å². The highest BCUT2D eigenvalue weighted by atomic mass is 19.4. The summed E-state index contributed by atoms with van der Waals surface area (Å²) in [5.41, 5.74) is -1.28. The Labute approximate surface area is 153 Å². The number of alkyl halides is 3. The monoisotopic (exact) mass is 382 g/mol. The summed E-state index contributed by atoms with van der Waals surface area (Å²) in [5, 5.41) is 3.89. The molecule has 0 aromatic carbocycles. The van der Waals surface area contributed by atoms with Crippen molar-refractivity contribution < 1.29 is 27.5 Å². The van der Waals surface area contributed by atoms with E-state index in [0.717, 1.165) is 30.1 Å². The number of allylic oxidation sites excluding steroid dienone is 1. The van der Waals surface area contributed by atoms with E-state index in [9.17, 15) is 22.8 Å². The van der Waals surface area contributed by atoms with Gasteiger partial charge in [-0.25, -0.2) is 14.5 Å². The number of ether oxygens (including phenoxy) is 1. The van der Waals surface area contributed by atoms with Crippen LogP contribution < -0.4 is 0 Å². The smallest absolute Gasteiger partial charge is 0.416 e. The second kappa shape index (κ2) is 7.60.